The molecule has 0 radical (unpaired) electrons. The highest BCUT2D eigenvalue weighted by molar-refractivity contribution is 6.89. The van der Waals surface area contributed by atoms with Crippen LogP contribution in [-0.4, -0.2) is 34.9 Å². The fourth-order valence-electron chi connectivity index (χ4n) is 27.2. The van der Waals surface area contributed by atoms with Crippen molar-refractivity contribution in [1.82, 2.24) is 0 Å². The number of nitrogens with zero attached hydrogens (tertiary/aromatic N) is 15. The highest BCUT2D eigenvalue weighted by atomic mass is 15.4. The maximum Gasteiger partial charge on any atom is 0.427 e. The molecule has 20 heteroatoms. The van der Waals surface area contributed by atoms with E-state index < -0.39 is 0 Å². The van der Waals surface area contributed by atoms with Crippen molar-refractivity contribution in [1.29, 1.82) is 0 Å². The van der Waals surface area contributed by atoms with E-state index in [1.54, 1.807) is 0 Å². The third-order valence-electron chi connectivity index (χ3n) is 32.9. The van der Waals surface area contributed by atoms with Gasteiger partial charge in [0.05, 0.1) is 84.7 Å². The van der Waals surface area contributed by atoms with Crippen LogP contribution in [0, 0.1) is 20.8 Å². The van der Waals surface area contributed by atoms with Gasteiger partial charge in [0.2, 0.25) is 28.5 Å². The van der Waals surface area contributed by atoms with E-state index in [0.717, 1.165) is 32.7 Å². The largest absolute Gasteiger partial charge is 0.427 e. The van der Waals surface area contributed by atoms with Crippen LogP contribution in [-0.2, 0) is 32.7 Å². The van der Waals surface area contributed by atoms with E-state index in [2.05, 4.69) is 537 Å². The predicted molar refractivity (Wildman–Crippen MR) is 597 cm³/mol. The van der Waals surface area contributed by atoms with Gasteiger partial charge in [-0.2, -0.15) is 22.8 Å². The number of fused-ring (bicyclic) bond motifs is 25. The first kappa shape index (κ1) is 83.0. The number of pyridine rings is 5. The quantitative estimate of drug-likeness (QED) is 0.119. The first-order valence-corrected chi connectivity index (χ1v) is 51.5. The number of hydrogen-bond acceptors (Lipinski definition) is 10. The summed E-state index contributed by atoms with van der Waals surface area (Å²) in [7, 11) is 0. The number of aromatic nitrogens is 5. The zero-order valence-electron chi connectivity index (χ0n) is 81.7. The Bertz CT molecular complexity index is 8960. The van der Waals surface area contributed by atoms with E-state index >= 15 is 0 Å². The Morgan fingerprint density at radius 2 is 0.473 bits per heavy atom. The number of para-hydroxylation sites is 12. The van der Waals surface area contributed by atoms with Gasteiger partial charge in [0.15, 0.2) is 63.7 Å². The second-order valence-corrected chi connectivity index (χ2v) is 41.3. The first-order chi connectivity index (χ1) is 72.1. The van der Waals surface area contributed by atoms with Crippen LogP contribution in [0.15, 0.2) is 431 Å². The first-order valence-electron chi connectivity index (χ1n) is 51.5. The lowest BCUT2D eigenvalue weighted by molar-refractivity contribution is -0.671. The average Bonchev–Trinajstić information content (AvgIpc) is 1.53. The van der Waals surface area contributed by atoms with Gasteiger partial charge < -0.3 is 48.1 Å². The molecule has 0 saturated carbocycles. The summed E-state index contributed by atoms with van der Waals surface area (Å²) in [4.78, 5) is 25.3. The topological polar surface area (TPSA) is 51.8 Å². The highest BCUT2D eigenvalue weighted by Crippen LogP contribution is 2.60. The Balaban J connectivity index is 0.0000000829. The third kappa shape index (κ3) is 11.8. The molecule has 0 atom stereocenters. The molecule has 0 amide bonds. The summed E-state index contributed by atoms with van der Waals surface area (Å²) < 4.78 is 12.1. The number of benzene rings is 15. The maximum absolute atomic E-state index is 2.60. The van der Waals surface area contributed by atoms with Crippen molar-refractivity contribution in [3.63, 3.8) is 0 Å². The summed E-state index contributed by atoms with van der Waals surface area (Å²) in [5.41, 5.74) is 58.9. The molecule has 35 rings (SSSR count). The van der Waals surface area contributed by atoms with Crippen molar-refractivity contribution < 1.29 is 22.8 Å². The van der Waals surface area contributed by atoms with Crippen LogP contribution in [0.3, 0.4) is 0 Å². The van der Waals surface area contributed by atoms with Gasteiger partial charge in [0.25, 0.3) is 0 Å². The van der Waals surface area contributed by atoms with Crippen LogP contribution in [0.4, 0.5) is 114 Å². The molecule has 0 unspecified atom stereocenters. The molecule has 20 heterocycles. The Morgan fingerprint density at radius 3 is 0.863 bits per heavy atom. The second-order valence-electron chi connectivity index (χ2n) is 41.3. The lowest BCUT2D eigenvalue weighted by Gasteiger charge is -2.35. The van der Waals surface area contributed by atoms with E-state index in [-0.39, 0.29) is 34.9 Å². The lowest BCUT2D eigenvalue weighted by Crippen LogP contribution is -2.58. The number of aryl methyl sites for hydroxylation is 3. The molecule has 15 aliphatic rings. The fraction of sp³-hybridized carbons (Fsp3) is 0.0873. The summed E-state index contributed by atoms with van der Waals surface area (Å²) in [6.45, 7) is 16.6. The average molecular weight is 1880 g/mol. The minimum absolute atomic E-state index is 0.119. The Kier molecular flexibility index (Phi) is 18.0. The zero-order chi connectivity index (χ0) is 96.3. The molecular weight excluding hydrogens is 1780 g/mol. The summed E-state index contributed by atoms with van der Waals surface area (Å²) in [5.74, 6) is 0.453. The molecule has 0 bridgehead atoms. The molecule has 15 nitrogen and oxygen atoms in total. The van der Waals surface area contributed by atoms with Crippen molar-refractivity contribution in [2.24, 2.45) is 0 Å². The normalized spacial score (nSPS) is 14.7. The van der Waals surface area contributed by atoms with Gasteiger partial charge in [-0.15, -0.1) is 0 Å². The van der Waals surface area contributed by atoms with Gasteiger partial charge in [-0.05, 0) is 201 Å². The minimum Gasteiger partial charge on any atom is -0.360 e. The van der Waals surface area contributed by atoms with E-state index in [9.17, 15) is 0 Å². The molecule has 0 aliphatic carbocycles. The van der Waals surface area contributed by atoms with Gasteiger partial charge >= 0.3 is 34.9 Å². The van der Waals surface area contributed by atoms with Gasteiger partial charge in [-0.3, -0.25) is 0 Å². The summed E-state index contributed by atoms with van der Waals surface area (Å²) >= 11 is 0. The van der Waals surface area contributed by atoms with Crippen molar-refractivity contribution >= 4 is 176 Å². The number of rotatable bonds is 6. The fourth-order valence-corrected chi connectivity index (χ4v) is 27.2. The van der Waals surface area contributed by atoms with E-state index in [1.165, 1.54) is 247 Å². The Morgan fingerprint density at radius 1 is 0.192 bits per heavy atom. The second kappa shape index (κ2) is 31.7. The Hall–Kier alpha value is -17.6. The van der Waals surface area contributed by atoms with Crippen molar-refractivity contribution in [3.8, 4) is 56.3 Å². The molecule has 15 aliphatic heterocycles. The molecule has 5 aromatic heterocycles. The van der Waals surface area contributed by atoms with Crippen molar-refractivity contribution in [3.05, 3.63) is 481 Å². The summed E-state index contributed by atoms with van der Waals surface area (Å²) in [6, 6.07) is 146. The Labute approximate surface area is 852 Å². The van der Waals surface area contributed by atoms with Gasteiger partial charge in [-0.1, -0.05) is 238 Å². The van der Waals surface area contributed by atoms with Crippen LogP contribution in [0.25, 0.3) is 56.3 Å². The zero-order valence-corrected chi connectivity index (χ0v) is 81.7. The third-order valence-corrected chi connectivity index (χ3v) is 32.9. The highest BCUT2D eigenvalue weighted by Gasteiger charge is 2.60. The smallest absolute Gasteiger partial charge is 0.360 e. The van der Waals surface area contributed by atoms with Crippen LogP contribution in [0.2, 0.25) is 0 Å². The van der Waals surface area contributed by atoms with Crippen molar-refractivity contribution in [2.75, 3.05) is 48.1 Å². The van der Waals surface area contributed by atoms with E-state index in [4.69, 9.17) is 0 Å². The molecule has 0 N–H and O–H groups in total. The van der Waals surface area contributed by atoms with Crippen LogP contribution in [0.5, 0.6) is 0 Å². The molecule has 0 saturated heterocycles. The molecule has 146 heavy (non-hydrogen) atoms. The summed E-state index contributed by atoms with van der Waals surface area (Å²) in [5, 5.41) is 0. The van der Waals surface area contributed by atoms with E-state index in [1.807, 2.05) is 0 Å². The molecule has 15 aromatic carbocycles. The van der Waals surface area contributed by atoms with E-state index in [0.29, 0.717) is 5.92 Å². The van der Waals surface area contributed by atoms with Gasteiger partial charge in [0, 0.05) is 131 Å². The molecule has 686 valence electrons. The van der Waals surface area contributed by atoms with Crippen molar-refractivity contribution in [2.45, 2.75) is 73.3 Å². The molecule has 20 aromatic rings. The van der Waals surface area contributed by atoms with Crippen LogP contribution < -0.4 is 98.3 Å². The van der Waals surface area contributed by atoms with Crippen LogP contribution in [0.1, 0.15) is 69.8 Å². The molecule has 0 spiro atoms. The summed E-state index contributed by atoms with van der Waals surface area (Å²) in [6.07, 6.45) is 11.2. The number of anilines is 20. The number of hydrogen-bond donors (Lipinski definition) is 0. The van der Waals surface area contributed by atoms with Gasteiger partial charge in [0.1, 0.15) is 5.69 Å². The predicted octanol–water partition coefficient (Wildman–Crippen LogP) is 22.1. The maximum atomic E-state index is 2.60. The lowest BCUT2D eigenvalue weighted by atomic mass is 9.59. The monoisotopic (exact) mass is 1870 g/mol. The van der Waals surface area contributed by atoms with Gasteiger partial charge in [-0.25, -0.2) is 0 Å². The minimum atomic E-state index is 0.119. The SMILES string of the molecule is CC(C)c1cc[n+]2c3c1N1B(c4cccc(c4-3)C2)N(c2ccccc2)c2ccccc21.Cc1cc2c3c(c1)N1B(c4ccc[n+](c4-3)C2)N(c2ccccc2)c2ccccc21.Cc1ccc(N2B3c4ccc[n+]5c4-c4c(cccc4N3c3ccccc32)C5)cc1.Cc1ccc2c(c1)N1B(c3ccc[n+]4c3-c3c(cccc31)C4)N2c1ccccc1.c1ccc(N2B3c4ccc[n+]5c4-c4c(cccc4N3c3ccccc32)C5)cc1. The van der Waals surface area contributed by atoms with Crippen LogP contribution >= 0.6 is 0 Å². The molecule has 0 fully saturated rings. The standard InChI is InChI=1S/C27H23BN3.3C25H19BN3.C24H17BN3/c1-18(2)21-15-16-29-17-19-9-8-12-22-25(19)27(29)26(21)31-24-14-7-6-13-23(24)30(28(22)31)20-10-4-3-5-11-20;1-17-11-13-19(14-12-17)28-21-8-2-3-9-22(21)29-23-10-4-6-18-16-27-15-5-7-20(26(28)29)25(27)24(18)23;1-17-12-13-21-23(15-17)29-22-11-5-7-18-16-27-14-6-10-20(25(27)24(18)22)26(29)28(21)19-8-3-2-4-9-19;1-17-14-18-16-27-13-7-10-20-25(27)24(18)23(15-17)29-22-12-6-5-11-21(22)28(26(20)29)19-8-3-2-4-9-19;1-2-9-18(10-3-1)27-20-12-4-5-13-21(20)28-22-14-6-8-17-16-26-15-7-11-19(25(27)28)24(26)23(17)22/h3-16,18H,17H2,1-2H3;3*2-15H,16H2,1H3;1-15H,16H2/q5*+1. The molecular formula is C126H97B5N15+5.